The Bertz CT molecular complexity index is 686. The number of amides is 4. The molecule has 0 saturated carbocycles. The van der Waals surface area contributed by atoms with E-state index in [0.29, 0.717) is 12.2 Å². The smallest absolute Gasteiger partial charge is 0.243 e. The standard InChI is InChI=1S/C18H27N5O4S/c1-28-8-7-12(19)17(26)23-14(10-15(20)24)18(27)22-13(16(21)25)9-11-5-3-2-4-6-11/h2-6,12-14H,7-10,19H2,1H3,(H2,20,24)(H2,21,25)(H,22,27)(H,23,26)/t12-,13-,14-/m0/s1. The van der Waals surface area contributed by atoms with E-state index >= 15 is 0 Å². The number of benzene rings is 1. The lowest BCUT2D eigenvalue weighted by atomic mass is 10.0. The number of carbonyl (C=O) groups excluding carboxylic acids is 4. The van der Waals surface area contributed by atoms with Crippen molar-refractivity contribution in [2.75, 3.05) is 12.0 Å². The average molecular weight is 410 g/mol. The molecule has 0 radical (unpaired) electrons. The summed E-state index contributed by atoms with van der Waals surface area (Å²) in [4.78, 5) is 47.8. The molecule has 0 aliphatic carbocycles. The average Bonchev–Trinajstić information content (AvgIpc) is 2.65. The number of carbonyl (C=O) groups is 4. The number of primary amides is 2. The topological polar surface area (TPSA) is 170 Å². The van der Waals surface area contributed by atoms with Gasteiger partial charge in [-0.25, -0.2) is 0 Å². The zero-order chi connectivity index (χ0) is 21.1. The molecule has 9 nitrogen and oxygen atoms in total. The Morgan fingerprint density at radius 1 is 1.00 bits per heavy atom. The first-order valence-electron chi connectivity index (χ1n) is 8.71. The second-order valence-electron chi connectivity index (χ2n) is 6.27. The van der Waals surface area contributed by atoms with Crippen LogP contribution in [0.4, 0.5) is 0 Å². The maximum Gasteiger partial charge on any atom is 0.243 e. The molecule has 154 valence electrons. The van der Waals surface area contributed by atoms with Gasteiger partial charge < -0.3 is 27.8 Å². The van der Waals surface area contributed by atoms with Gasteiger partial charge in [-0.3, -0.25) is 19.2 Å². The van der Waals surface area contributed by atoms with Crippen molar-refractivity contribution in [3.63, 3.8) is 0 Å². The van der Waals surface area contributed by atoms with Crippen LogP contribution in [-0.4, -0.2) is 53.8 Å². The Labute approximate surface area is 168 Å². The van der Waals surface area contributed by atoms with E-state index in [9.17, 15) is 19.2 Å². The van der Waals surface area contributed by atoms with Gasteiger partial charge in [0.25, 0.3) is 0 Å². The van der Waals surface area contributed by atoms with E-state index in [1.807, 2.05) is 12.3 Å². The van der Waals surface area contributed by atoms with Gasteiger partial charge in [0.1, 0.15) is 12.1 Å². The third-order valence-corrected chi connectivity index (χ3v) is 4.59. The molecule has 8 N–H and O–H groups in total. The van der Waals surface area contributed by atoms with E-state index in [-0.39, 0.29) is 6.42 Å². The first kappa shape index (κ1) is 23.4. The summed E-state index contributed by atoms with van der Waals surface area (Å²) in [5, 5.41) is 4.90. The first-order valence-corrected chi connectivity index (χ1v) is 10.1. The molecule has 0 aromatic heterocycles. The zero-order valence-corrected chi connectivity index (χ0v) is 16.5. The van der Waals surface area contributed by atoms with Crippen LogP contribution in [0.2, 0.25) is 0 Å². The summed E-state index contributed by atoms with van der Waals surface area (Å²) in [6.07, 6.45) is 2.04. The molecule has 10 heteroatoms. The lowest BCUT2D eigenvalue weighted by molar-refractivity contribution is -0.133. The van der Waals surface area contributed by atoms with Crippen LogP contribution in [0.1, 0.15) is 18.4 Å². The van der Waals surface area contributed by atoms with Crippen LogP contribution >= 0.6 is 11.8 Å². The second kappa shape index (κ2) is 12.0. The highest BCUT2D eigenvalue weighted by Gasteiger charge is 2.28. The van der Waals surface area contributed by atoms with Crippen LogP contribution in [0.3, 0.4) is 0 Å². The Kier molecular flexibility index (Phi) is 10.0. The molecule has 0 fully saturated rings. The Hall–Kier alpha value is -2.59. The van der Waals surface area contributed by atoms with E-state index in [0.717, 1.165) is 5.56 Å². The minimum absolute atomic E-state index is 0.173. The van der Waals surface area contributed by atoms with E-state index in [4.69, 9.17) is 17.2 Å². The van der Waals surface area contributed by atoms with Gasteiger partial charge in [-0.05, 0) is 24.0 Å². The predicted octanol–water partition coefficient (Wildman–Crippen LogP) is -1.36. The number of rotatable bonds is 12. The summed E-state index contributed by atoms with van der Waals surface area (Å²) in [7, 11) is 0. The van der Waals surface area contributed by atoms with Crippen molar-refractivity contribution >= 4 is 35.4 Å². The molecule has 0 aliphatic rings. The number of thioether (sulfide) groups is 1. The van der Waals surface area contributed by atoms with Gasteiger partial charge in [-0.1, -0.05) is 30.3 Å². The molecule has 0 heterocycles. The fraction of sp³-hybridized carbons (Fsp3) is 0.444. The first-order chi connectivity index (χ1) is 13.2. The number of hydrogen-bond acceptors (Lipinski definition) is 6. The number of hydrogen-bond donors (Lipinski definition) is 5. The fourth-order valence-electron chi connectivity index (χ4n) is 2.41. The Morgan fingerprint density at radius 3 is 2.14 bits per heavy atom. The normalized spacial score (nSPS) is 13.8. The largest absolute Gasteiger partial charge is 0.370 e. The van der Waals surface area contributed by atoms with Gasteiger partial charge in [0.15, 0.2) is 0 Å². The molecular formula is C18H27N5O4S. The highest BCUT2D eigenvalue weighted by molar-refractivity contribution is 7.98. The van der Waals surface area contributed by atoms with Gasteiger partial charge in [0, 0.05) is 6.42 Å². The molecular weight excluding hydrogens is 382 g/mol. The van der Waals surface area contributed by atoms with Gasteiger partial charge in [0.2, 0.25) is 23.6 Å². The van der Waals surface area contributed by atoms with E-state index in [2.05, 4.69) is 10.6 Å². The van der Waals surface area contributed by atoms with Crippen LogP contribution in [0.25, 0.3) is 0 Å². The van der Waals surface area contributed by atoms with Crippen molar-refractivity contribution in [1.29, 1.82) is 0 Å². The summed E-state index contributed by atoms with van der Waals surface area (Å²) < 4.78 is 0. The zero-order valence-electron chi connectivity index (χ0n) is 15.7. The fourth-order valence-corrected chi connectivity index (χ4v) is 2.90. The van der Waals surface area contributed by atoms with Crippen molar-refractivity contribution in [2.45, 2.75) is 37.4 Å². The summed E-state index contributed by atoms with van der Waals surface area (Å²) in [6.45, 7) is 0. The SMILES string of the molecule is CSCC[C@H](N)C(=O)N[C@@H](CC(N)=O)C(=O)N[C@@H](Cc1ccccc1)C(N)=O. The maximum atomic E-state index is 12.6. The van der Waals surface area contributed by atoms with Crippen molar-refractivity contribution in [2.24, 2.45) is 17.2 Å². The minimum atomic E-state index is -1.25. The molecule has 4 amide bonds. The van der Waals surface area contributed by atoms with Crippen molar-refractivity contribution < 1.29 is 19.2 Å². The lowest BCUT2D eigenvalue weighted by Gasteiger charge is -2.22. The molecule has 0 unspecified atom stereocenters. The highest BCUT2D eigenvalue weighted by Crippen LogP contribution is 2.05. The van der Waals surface area contributed by atoms with Gasteiger partial charge in [-0.15, -0.1) is 0 Å². The lowest BCUT2D eigenvalue weighted by Crippen LogP contribution is -2.56. The van der Waals surface area contributed by atoms with Gasteiger partial charge in [0.05, 0.1) is 12.5 Å². The van der Waals surface area contributed by atoms with Gasteiger partial charge >= 0.3 is 0 Å². The third-order valence-electron chi connectivity index (χ3n) is 3.95. The molecule has 0 saturated heterocycles. The van der Waals surface area contributed by atoms with Gasteiger partial charge in [-0.2, -0.15) is 11.8 Å². The summed E-state index contributed by atoms with van der Waals surface area (Å²) in [5.41, 5.74) is 17.1. The van der Waals surface area contributed by atoms with Crippen LogP contribution in [0.5, 0.6) is 0 Å². The Morgan fingerprint density at radius 2 is 1.61 bits per heavy atom. The highest BCUT2D eigenvalue weighted by atomic mass is 32.2. The molecule has 3 atom stereocenters. The van der Waals surface area contributed by atoms with Crippen molar-refractivity contribution in [3.8, 4) is 0 Å². The predicted molar refractivity (Wildman–Crippen MR) is 108 cm³/mol. The van der Waals surface area contributed by atoms with Crippen LogP contribution in [0, 0.1) is 0 Å². The summed E-state index contributed by atoms with van der Waals surface area (Å²) in [5.74, 6) is -2.16. The monoisotopic (exact) mass is 409 g/mol. The molecule has 0 spiro atoms. The molecule has 0 bridgehead atoms. The summed E-state index contributed by atoms with van der Waals surface area (Å²) in [6, 6.07) is 5.90. The van der Waals surface area contributed by atoms with E-state index in [1.54, 1.807) is 24.3 Å². The van der Waals surface area contributed by atoms with Crippen LogP contribution in [-0.2, 0) is 25.6 Å². The number of nitrogens with two attached hydrogens (primary N) is 3. The minimum Gasteiger partial charge on any atom is -0.370 e. The van der Waals surface area contributed by atoms with E-state index in [1.165, 1.54) is 11.8 Å². The second-order valence-corrected chi connectivity index (χ2v) is 7.26. The molecule has 1 aromatic rings. The van der Waals surface area contributed by atoms with Crippen LogP contribution < -0.4 is 27.8 Å². The van der Waals surface area contributed by atoms with Crippen molar-refractivity contribution in [3.05, 3.63) is 35.9 Å². The third kappa shape index (κ3) is 8.40. The summed E-state index contributed by atoms with van der Waals surface area (Å²) >= 11 is 1.53. The maximum absolute atomic E-state index is 12.6. The molecule has 1 rings (SSSR count). The molecule has 0 aliphatic heterocycles. The van der Waals surface area contributed by atoms with E-state index < -0.39 is 48.2 Å². The Balaban J connectivity index is 2.82. The number of nitrogens with one attached hydrogen (secondary N) is 2. The molecule has 1 aromatic carbocycles. The van der Waals surface area contributed by atoms with Crippen molar-refractivity contribution in [1.82, 2.24) is 10.6 Å². The van der Waals surface area contributed by atoms with Crippen LogP contribution in [0.15, 0.2) is 30.3 Å². The quantitative estimate of drug-likeness (QED) is 0.285. The molecule has 28 heavy (non-hydrogen) atoms.